The van der Waals surface area contributed by atoms with E-state index in [9.17, 15) is 8.78 Å². The number of ether oxygens (including phenoxy) is 1. The van der Waals surface area contributed by atoms with Gasteiger partial charge < -0.3 is 10.5 Å². The molecule has 3 aromatic heterocycles. The molecule has 3 heterocycles. The lowest BCUT2D eigenvalue weighted by Crippen LogP contribution is -2.05. The van der Waals surface area contributed by atoms with Crippen molar-refractivity contribution in [2.45, 2.75) is 20.3 Å². The van der Waals surface area contributed by atoms with Crippen molar-refractivity contribution < 1.29 is 13.5 Å². The Morgan fingerprint density at radius 1 is 1.08 bits per heavy atom. The van der Waals surface area contributed by atoms with Crippen LogP contribution in [0.5, 0.6) is 11.6 Å². The van der Waals surface area contributed by atoms with Crippen molar-refractivity contribution in [1.29, 1.82) is 0 Å². The Morgan fingerprint density at radius 2 is 1.77 bits per heavy atom. The Bertz CT molecular complexity index is 945. The molecule has 0 aliphatic heterocycles. The van der Waals surface area contributed by atoms with Gasteiger partial charge in [0.05, 0.1) is 27.8 Å². The number of nitrogens with two attached hydrogens (primary N) is 1. The highest BCUT2D eigenvalue weighted by atomic mass is 35.5. The number of alkyl halides is 2. The minimum Gasteiger partial charge on any atom is -0.433 e. The fourth-order valence-electron chi connectivity index (χ4n) is 2.32. The molecule has 0 bridgehead atoms. The molecule has 3 rings (SSSR count). The molecule has 0 aromatic carbocycles. The second kappa shape index (κ2) is 7.17. The first-order valence-electron chi connectivity index (χ1n) is 7.53. The summed E-state index contributed by atoms with van der Waals surface area (Å²) in [5.41, 5.74) is 7.97. The van der Waals surface area contributed by atoms with Crippen molar-refractivity contribution in [3.8, 4) is 22.9 Å². The molecular formula is C17H14ClF2N5O. The SMILES string of the molecule is Cc1nc(C(F)F)nc(C)c1Oc1nc(-c2cncc(Cl)c2)ccc1N. The second-order valence-electron chi connectivity index (χ2n) is 5.47. The van der Waals surface area contributed by atoms with Crippen LogP contribution in [0.1, 0.15) is 23.6 Å². The average Bonchev–Trinajstić information content (AvgIpc) is 2.59. The molecule has 0 spiro atoms. The average molecular weight is 378 g/mol. The molecule has 9 heteroatoms. The molecule has 0 amide bonds. The van der Waals surface area contributed by atoms with E-state index in [-0.39, 0.29) is 28.7 Å². The van der Waals surface area contributed by atoms with Crippen LogP contribution in [0, 0.1) is 13.8 Å². The third-order valence-electron chi connectivity index (χ3n) is 3.51. The summed E-state index contributed by atoms with van der Waals surface area (Å²) >= 11 is 5.95. The third-order valence-corrected chi connectivity index (χ3v) is 3.71. The van der Waals surface area contributed by atoms with Crippen LogP contribution in [0.3, 0.4) is 0 Å². The molecule has 3 aromatic rings. The van der Waals surface area contributed by atoms with Gasteiger partial charge in [-0.05, 0) is 32.0 Å². The second-order valence-corrected chi connectivity index (χ2v) is 5.90. The van der Waals surface area contributed by atoms with Gasteiger partial charge in [0, 0.05) is 18.0 Å². The maximum absolute atomic E-state index is 12.8. The number of rotatable bonds is 4. The molecule has 0 radical (unpaired) electrons. The van der Waals surface area contributed by atoms with Crippen LogP contribution in [0.4, 0.5) is 14.5 Å². The summed E-state index contributed by atoms with van der Waals surface area (Å²) in [5, 5.41) is 0.464. The first-order chi connectivity index (χ1) is 12.3. The predicted octanol–water partition coefficient (Wildman–Crippen LogP) is 4.52. The molecule has 0 atom stereocenters. The van der Waals surface area contributed by atoms with E-state index in [1.807, 2.05) is 0 Å². The Balaban J connectivity index is 1.99. The molecule has 0 unspecified atom stereocenters. The first kappa shape index (κ1) is 17.9. The van der Waals surface area contributed by atoms with Gasteiger partial charge in [0.25, 0.3) is 6.43 Å². The normalized spacial score (nSPS) is 11.0. The number of aryl methyl sites for hydroxylation is 2. The Hall–Kier alpha value is -2.87. The minimum absolute atomic E-state index is 0.113. The molecule has 0 aliphatic carbocycles. The van der Waals surface area contributed by atoms with Gasteiger partial charge in [-0.25, -0.2) is 23.7 Å². The maximum Gasteiger partial charge on any atom is 0.297 e. The molecule has 134 valence electrons. The molecule has 2 N–H and O–H groups in total. The van der Waals surface area contributed by atoms with Gasteiger partial charge in [0.15, 0.2) is 11.6 Å². The minimum atomic E-state index is -2.76. The summed E-state index contributed by atoms with van der Waals surface area (Å²) < 4.78 is 31.4. The van der Waals surface area contributed by atoms with E-state index in [0.29, 0.717) is 16.3 Å². The van der Waals surface area contributed by atoms with E-state index in [0.717, 1.165) is 0 Å². The number of hydrogen-bond donors (Lipinski definition) is 1. The quantitative estimate of drug-likeness (QED) is 0.719. The lowest BCUT2D eigenvalue weighted by molar-refractivity contribution is 0.139. The summed E-state index contributed by atoms with van der Waals surface area (Å²) in [6.45, 7) is 3.10. The van der Waals surface area contributed by atoms with Gasteiger partial charge in [-0.2, -0.15) is 0 Å². The molecular weight excluding hydrogens is 364 g/mol. The number of pyridine rings is 2. The van der Waals surface area contributed by atoms with Gasteiger partial charge in [0.2, 0.25) is 5.88 Å². The van der Waals surface area contributed by atoms with E-state index >= 15 is 0 Å². The van der Waals surface area contributed by atoms with Gasteiger partial charge in [-0.15, -0.1) is 0 Å². The number of aromatic nitrogens is 4. The summed E-state index contributed by atoms with van der Waals surface area (Å²) in [6.07, 6.45) is 0.350. The van der Waals surface area contributed by atoms with Crippen molar-refractivity contribution in [2.24, 2.45) is 0 Å². The van der Waals surface area contributed by atoms with Crippen LogP contribution in [0.25, 0.3) is 11.3 Å². The fraction of sp³-hybridized carbons (Fsp3) is 0.176. The van der Waals surface area contributed by atoms with Crippen molar-refractivity contribution in [3.05, 3.63) is 52.8 Å². The van der Waals surface area contributed by atoms with Crippen LogP contribution in [-0.4, -0.2) is 19.9 Å². The molecule has 6 nitrogen and oxygen atoms in total. The number of nitrogen functional groups attached to an aromatic ring is 1. The highest BCUT2D eigenvalue weighted by Gasteiger charge is 2.18. The van der Waals surface area contributed by atoms with E-state index in [1.54, 1.807) is 38.2 Å². The van der Waals surface area contributed by atoms with Crippen molar-refractivity contribution in [2.75, 3.05) is 5.73 Å². The summed E-state index contributed by atoms with van der Waals surface area (Å²) in [4.78, 5) is 15.9. The van der Waals surface area contributed by atoms with E-state index in [1.165, 1.54) is 6.20 Å². The van der Waals surface area contributed by atoms with E-state index in [4.69, 9.17) is 22.1 Å². The van der Waals surface area contributed by atoms with Crippen LogP contribution in [0.2, 0.25) is 5.02 Å². The maximum atomic E-state index is 12.8. The van der Waals surface area contributed by atoms with Crippen molar-refractivity contribution in [1.82, 2.24) is 19.9 Å². The number of nitrogens with zero attached hydrogens (tertiary/aromatic N) is 4. The smallest absolute Gasteiger partial charge is 0.297 e. The Morgan fingerprint density at radius 3 is 2.38 bits per heavy atom. The number of anilines is 1. The third kappa shape index (κ3) is 3.70. The standard InChI is InChI=1S/C17H14ClF2N5O/c1-8-14(9(2)24-16(23-8)15(19)20)26-17-12(21)3-4-13(25-17)10-5-11(18)7-22-6-10/h3-7,15H,21H2,1-2H3. The summed E-state index contributed by atoms with van der Waals surface area (Å²) in [7, 11) is 0. The molecule has 26 heavy (non-hydrogen) atoms. The first-order valence-corrected chi connectivity index (χ1v) is 7.91. The molecule has 0 aliphatic rings. The van der Waals surface area contributed by atoms with Crippen molar-refractivity contribution in [3.63, 3.8) is 0 Å². The zero-order valence-corrected chi connectivity index (χ0v) is 14.6. The zero-order valence-electron chi connectivity index (χ0n) is 13.9. The van der Waals surface area contributed by atoms with Gasteiger partial charge >= 0.3 is 0 Å². The topological polar surface area (TPSA) is 86.8 Å². The van der Waals surface area contributed by atoms with Crippen LogP contribution < -0.4 is 10.5 Å². The zero-order chi connectivity index (χ0) is 18.8. The van der Waals surface area contributed by atoms with E-state index in [2.05, 4.69) is 19.9 Å². The molecule has 0 saturated heterocycles. The largest absolute Gasteiger partial charge is 0.433 e. The number of hydrogen-bond acceptors (Lipinski definition) is 6. The Labute approximate surface area is 153 Å². The van der Waals surface area contributed by atoms with Crippen molar-refractivity contribution >= 4 is 17.3 Å². The summed E-state index contributed by atoms with van der Waals surface area (Å²) in [6, 6.07) is 5.02. The highest BCUT2D eigenvalue weighted by molar-refractivity contribution is 6.30. The fourth-order valence-corrected chi connectivity index (χ4v) is 2.49. The van der Waals surface area contributed by atoms with Gasteiger partial charge in [-0.3, -0.25) is 4.98 Å². The number of halogens is 3. The lowest BCUT2D eigenvalue weighted by atomic mass is 10.2. The molecule has 0 saturated carbocycles. The van der Waals surface area contributed by atoms with Gasteiger partial charge in [0.1, 0.15) is 0 Å². The monoisotopic (exact) mass is 377 g/mol. The highest BCUT2D eigenvalue weighted by Crippen LogP contribution is 2.32. The molecule has 0 fully saturated rings. The van der Waals surface area contributed by atoms with Crippen LogP contribution >= 0.6 is 11.6 Å². The lowest BCUT2D eigenvalue weighted by Gasteiger charge is -2.13. The van der Waals surface area contributed by atoms with Gasteiger partial charge in [-0.1, -0.05) is 11.6 Å². The predicted molar refractivity (Wildman–Crippen MR) is 93.4 cm³/mol. The van der Waals surface area contributed by atoms with Crippen LogP contribution in [0.15, 0.2) is 30.6 Å². The van der Waals surface area contributed by atoms with E-state index < -0.39 is 12.2 Å². The van der Waals surface area contributed by atoms with Crippen LogP contribution in [-0.2, 0) is 0 Å². The summed E-state index contributed by atoms with van der Waals surface area (Å²) in [5.74, 6) is -0.205. The Kier molecular flexibility index (Phi) is 4.94.